The quantitative estimate of drug-likeness (QED) is 0.863. The Bertz CT molecular complexity index is 363. The Hall–Kier alpha value is -1.06. The summed E-state index contributed by atoms with van der Waals surface area (Å²) in [5.74, 6) is 0.508. The number of hydrogen-bond donors (Lipinski definition) is 1. The molecule has 20 heavy (non-hydrogen) atoms. The normalized spacial score (nSPS) is 30.9. The molecule has 1 saturated carbocycles. The van der Waals surface area contributed by atoms with Gasteiger partial charge in [-0.3, -0.25) is 9.59 Å². The first kappa shape index (κ1) is 15.3. The minimum atomic E-state index is -0.290. The van der Waals surface area contributed by atoms with Crippen molar-refractivity contribution in [3.63, 3.8) is 0 Å². The van der Waals surface area contributed by atoms with Crippen molar-refractivity contribution in [3.8, 4) is 0 Å². The number of amides is 2. The summed E-state index contributed by atoms with van der Waals surface area (Å²) in [5.41, 5.74) is 0. The topological polar surface area (TPSA) is 49.4 Å². The lowest BCUT2D eigenvalue weighted by molar-refractivity contribution is -0.138. The highest BCUT2D eigenvalue weighted by molar-refractivity contribution is 5.90. The first-order chi connectivity index (χ1) is 9.54. The van der Waals surface area contributed by atoms with Crippen LogP contribution in [-0.2, 0) is 9.59 Å². The molecule has 0 aromatic carbocycles. The predicted octanol–water partition coefficient (Wildman–Crippen LogP) is 2.47. The Kier molecular flexibility index (Phi) is 5.06. The maximum absolute atomic E-state index is 12.9. The van der Waals surface area contributed by atoms with Crippen molar-refractivity contribution in [1.82, 2.24) is 10.2 Å². The lowest BCUT2D eigenvalue weighted by atomic mass is 9.83. The van der Waals surface area contributed by atoms with Crippen molar-refractivity contribution in [1.29, 1.82) is 0 Å². The minimum absolute atomic E-state index is 0.00559. The van der Waals surface area contributed by atoms with Gasteiger partial charge in [0.05, 0.1) is 0 Å². The SMILES string of the molecule is CCC(C)N1C(=O)C(C2CCCCC2)NC(=O)CC1C. The van der Waals surface area contributed by atoms with Gasteiger partial charge in [0.1, 0.15) is 6.04 Å². The highest BCUT2D eigenvalue weighted by Crippen LogP contribution is 2.29. The van der Waals surface area contributed by atoms with Gasteiger partial charge in [-0.2, -0.15) is 0 Å². The molecule has 2 aliphatic rings. The zero-order valence-electron chi connectivity index (χ0n) is 13.0. The van der Waals surface area contributed by atoms with E-state index in [4.69, 9.17) is 0 Å². The van der Waals surface area contributed by atoms with Crippen LogP contribution in [0.4, 0.5) is 0 Å². The molecule has 0 bridgehead atoms. The third-order valence-corrected chi connectivity index (χ3v) is 4.98. The molecular formula is C16H28N2O2. The molecule has 0 radical (unpaired) electrons. The highest BCUT2D eigenvalue weighted by Gasteiger charge is 2.39. The molecule has 0 aromatic heterocycles. The first-order valence-electron chi connectivity index (χ1n) is 8.16. The molecule has 4 nitrogen and oxygen atoms in total. The van der Waals surface area contributed by atoms with E-state index >= 15 is 0 Å². The molecule has 2 fully saturated rings. The molecule has 0 spiro atoms. The highest BCUT2D eigenvalue weighted by atomic mass is 16.2. The second kappa shape index (κ2) is 6.59. The smallest absolute Gasteiger partial charge is 0.245 e. The number of carbonyl (C=O) groups is 2. The van der Waals surface area contributed by atoms with E-state index in [-0.39, 0.29) is 29.9 Å². The summed E-state index contributed by atoms with van der Waals surface area (Å²) in [5, 5.41) is 3.01. The van der Waals surface area contributed by atoms with E-state index in [1.54, 1.807) is 0 Å². The van der Waals surface area contributed by atoms with Gasteiger partial charge in [-0.25, -0.2) is 0 Å². The van der Waals surface area contributed by atoms with Gasteiger partial charge in [-0.1, -0.05) is 26.2 Å². The van der Waals surface area contributed by atoms with Crippen LogP contribution in [-0.4, -0.2) is 34.8 Å². The molecule has 1 aliphatic heterocycles. The third kappa shape index (κ3) is 3.15. The Labute approximate surface area is 122 Å². The standard InChI is InChI=1S/C16H28N2O2/c1-4-11(2)18-12(3)10-14(19)17-15(16(18)20)13-8-6-5-7-9-13/h11-13,15H,4-10H2,1-3H3,(H,17,19). The largest absolute Gasteiger partial charge is 0.344 e. The summed E-state index contributed by atoms with van der Waals surface area (Å²) in [7, 11) is 0. The monoisotopic (exact) mass is 280 g/mol. The van der Waals surface area contributed by atoms with Crippen molar-refractivity contribution >= 4 is 11.8 Å². The van der Waals surface area contributed by atoms with E-state index in [0.29, 0.717) is 12.3 Å². The van der Waals surface area contributed by atoms with Gasteiger partial charge in [0, 0.05) is 18.5 Å². The van der Waals surface area contributed by atoms with Crippen molar-refractivity contribution in [2.24, 2.45) is 5.92 Å². The van der Waals surface area contributed by atoms with Crippen molar-refractivity contribution in [2.45, 2.75) is 83.8 Å². The molecule has 0 aromatic rings. The van der Waals surface area contributed by atoms with Crippen LogP contribution in [0.2, 0.25) is 0 Å². The van der Waals surface area contributed by atoms with Gasteiger partial charge >= 0.3 is 0 Å². The molecule has 114 valence electrons. The summed E-state index contributed by atoms with van der Waals surface area (Å²) >= 11 is 0. The van der Waals surface area contributed by atoms with Gasteiger partial charge in [0.2, 0.25) is 11.8 Å². The summed E-state index contributed by atoms with van der Waals surface area (Å²) in [4.78, 5) is 26.9. The number of hydrogen-bond acceptors (Lipinski definition) is 2. The summed E-state index contributed by atoms with van der Waals surface area (Å²) in [6.07, 6.45) is 7.13. The van der Waals surface area contributed by atoms with Crippen LogP contribution >= 0.6 is 0 Å². The fraction of sp³-hybridized carbons (Fsp3) is 0.875. The minimum Gasteiger partial charge on any atom is -0.344 e. The number of nitrogens with one attached hydrogen (secondary N) is 1. The molecular weight excluding hydrogens is 252 g/mol. The van der Waals surface area contributed by atoms with Gasteiger partial charge < -0.3 is 10.2 Å². The van der Waals surface area contributed by atoms with Gasteiger partial charge in [0.25, 0.3) is 0 Å². The van der Waals surface area contributed by atoms with E-state index in [9.17, 15) is 9.59 Å². The molecule has 4 heteroatoms. The summed E-state index contributed by atoms with van der Waals surface area (Å²) in [6.45, 7) is 6.18. The molecule has 2 amide bonds. The van der Waals surface area contributed by atoms with Crippen LogP contribution in [0.3, 0.4) is 0 Å². The molecule has 1 heterocycles. The third-order valence-electron chi connectivity index (χ3n) is 4.98. The van der Waals surface area contributed by atoms with Crippen LogP contribution in [0.5, 0.6) is 0 Å². The van der Waals surface area contributed by atoms with Crippen LogP contribution < -0.4 is 5.32 Å². The number of rotatable bonds is 3. The van der Waals surface area contributed by atoms with Crippen molar-refractivity contribution in [3.05, 3.63) is 0 Å². The second-order valence-corrected chi connectivity index (χ2v) is 6.50. The molecule has 1 saturated heterocycles. The predicted molar refractivity (Wildman–Crippen MR) is 79.2 cm³/mol. The zero-order valence-corrected chi connectivity index (χ0v) is 13.0. The first-order valence-corrected chi connectivity index (χ1v) is 8.16. The lowest BCUT2D eigenvalue weighted by Crippen LogP contribution is -2.53. The van der Waals surface area contributed by atoms with E-state index in [0.717, 1.165) is 19.3 Å². The van der Waals surface area contributed by atoms with Crippen molar-refractivity contribution in [2.75, 3.05) is 0 Å². The van der Waals surface area contributed by atoms with E-state index in [2.05, 4.69) is 19.2 Å². The molecule has 3 unspecified atom stereocenters. The lowest BCUT2D eigenvalue weighted by Gasteiger charge is -2.36. The Morgan fingerprint density at radius 3 is 2.50 bits per heavy atom. The second-order valence-electron chi connectivity index (χ2n) is 6.50. The Morgan fingerprint density at radius 2 is 1.90 bits per heavy atom. The molecule has 1 aliphatic carbocycles. The van der Waals surface area contributed by atoms with Crippen LogP contribution in [0.15, 0.2) is 0 Å². The maximum atomic E-state index is 12.9. The van der Waals surface area contributed by atoms with Crippen molar-refractivity contribution < 1.29 is 9.59 Å². The van der Waals surface area contributed by atoms with Gasteiger partial charge in [-0.15, -0.1) is 0 Å². The van der Waals surface area contributed by atoms with Gasteiger partial charge in [0.15, 0.2) is 0 Å². The average molecular weight is 280 g/mol. The van der Waals surface area contributed by atoms with Crippen LogP contribution in [0.1, 0.15) is 65.7 Å². The van der Waals surface area contributed by atoms with Crippen LogP contribution in [0, 0.1) is 5.92 Å². The summed E-state index contributed by atoms with van der Waals surface area (Å²) in [6, 6.07) is -0.0796. The average Bonchev–Trinajstić information content (AvgIpc) is 2.55. The number of carbonyl (C=O) groups excluding carboxylic acids is 2. The molecule has 3 atom stereocenters. The van der Waals surface area contributed by atoms with E-state index in [1.165, 1.54) is 19.3 Å². The van der Waals surface area contributed by atoms with E-state index < -0.39 is 0 Å². The Morgan fingerprint density at radius 1 is 1.25 bits per heavy atom. The zero-order chi connectivity index (χ0) is 14.7. The molecule has 1 N–H and O–H groups in total. The maximum Gasteiger partial charge on any atom is 0.245 e. The van der Waals surface area contributed by atoms with Crippen LogP contribution in [0.25, 0.3) is 0 Å². The fourth-order valence-electron chi connectivity index (χ4n) is 3.67. The summed E-state index contributed by atoms with van der Waals surface area (Å²) < 4.78 is 0. The van der Waals surface area contributed by atoms with Gasteiger partial charge in [-0.05, 0) is 39.0 Å². The van der Waals surface area contributed by atoms with E-state index in [1.807, 2.05) is 11.8 Å². The fourth-order valence-corrected chi connectivity index (χ4v) is 3.67. The Balaban J connectivity index is 2.21. The molecule has 2 rings (SSSR count). The number of nitrogens with zero attached hydrogens (tertiary/aromatic N) is 1.